The van der Waals surface area contributed by atoms with E-state index >= 15 is 0 Å². The minimum absolute atomic E-state index is 0.117. The first kappa shape index (κ1) is 20.3. The molecule has 1 aliphatic heterocycles. The maximum Gasteiger partial charge on any atom is 0.338 e. The van der Waals surface area contributed by atoms with Gasteiger partial charge in [0.2, 0.25) is 0 Å². The van der Waals surface area contributed by atoms with E-state index in [1.165, 1.54) is 23.1 Å². The van der Waals surface area contributed by atoms with Crippen LogP contribution in [0.15, 0.2) is 42.5 Å². The second kappa shape index (κ2) is 8.68. The number of anilines is 1. The molecule has 0 spiro atoms. The summed E-state index contributed by atoms with van der Waals surface area (Å²) in [6, 6.07) is 11.5. The summed E-state index contributed by atoms with van der Waals surface area (Å²) in [7, 11) is 0. The van der Waals surface area contributed by atoms with Crippen molar-refractivity contribution in [2.45, 2.75) is 26.7 Å². The van der Waals surface area contributed by atoms with E-state index < -0.39 is 24.4 Å². The predicted octanol–water partition coefficient (Wildman–Crippen LogP) is 3.19. The number of para-hydroxylation sites is 1. The Balaban J connectivity index is 1.64. The maximum atomic E-state index is 12.5. The van der Waals surface area contributed by atoms with Crippen LogP contribution >= 0.6 is 0 Å². The molecule has 0 unspecified atom stereocenters. The zero-order chi connectivity index (χ0) is 21.0. The number of nitrogens with zero attached hydrogens (tertiary/aromatic N) is 1. The van der Waals surface area contributed by atoms with E-state index in [1.54, 1.807) is 12.1 Å². The molecule has 3 amide bonds. The van der Waals surface area contributed by atoms with Gasteiger partial charge in [0.1, 0.15) is 0 Å². The van der Waals surface area contributed by atoms with E-state index in [0.717, 1.165) is 18.4 Å². The molecular formula is C22H22N2O5. The van der Waals surface area contributed by atoms with Crippen molar-refractivity contribution < 1.29 is 23.9 Å². The molecule has 0 bridgehead atoms. The summed E-state index contributed by atoms with van der Waals surface area (Å²) in [5.74, 6) is -1.97. The fourth-order valence-electron chi connectivity index (χ4n) is 3.05. The Bertz CT molecular complexity index is 983. The summed E-state index contributed by atoms with van der Waals surface area (Å²) in [5, 5.41) is 2.68. The van der Waals surface area contributed by atoms with Crippen molar-refractivity contribution in [3.05, 3.63) is 64.7 Å². The normalized spacial score (nSPS) is 12.7. The van der Waals surface area contributed by atoms with Crippen LogP contribution in [0.5, 0.6) is 0 Å². The molecule has 0 atom stereocenters. The summed E-state index contributed by atoms with van der Waals surface area (Å²) in [4.78, 5) is 50.3. The van der Waals surface area contributed by atoms with Crippen LogP contribution in [0.3, 0.4) is 0 Å². The van der Waals surface area contributed by atoms with Crippen molar-refractivity contribution in [1.82, 2.24) is 4.90 Å². The third-order valence-corrected chi connectivity index (χ3v) is 4.70. The number of hydrogen-bond donors (Lipinski definition) is 1. The maximum absolute atomic E-state index is 12.5. The molecule has 29 heavy (non-hydrogen) atoms. The standard InChI is InChI=1S/C22H22N2O5/c1-3-4-11-24-20(26)16-10-9-15(12-17(16)21(24)27)22(28)29-13-19(25)23-18-8-6-5-7-14(18)2/h5-10,12H,3-4,11,13H2,1-2H3,(H,23,25). The van der Waals surface area contributed by atoms with Crippen LogP contribution in [0, 0.1) is 6.92 Å². The first-order valence-electron chi connectivity index (χ1n) is 9.45. The van der Waals surface area contributed by atoms with Gasteiger partial charge >= 0.3 is 5.97 Å². The molecule has 1 heterocycles. The van der Waals surface area contributed by atoms with Gasteiger partial charge in [0.15, 0.2) is 6.61 Å². The number of imide groups is 1. The van der Waals surface area contributed by atoms with Gasteiger partial charge in [-0.25, -0.2) is 4.79 Å². The number of ether oxygens (including phenoxy) is 1. The Hall–Kier alpha value is -3.48. The van der Waals surface area contributed by atoms with Crippen LogP contribution in [-0.4, -0.2) is 41.7 Å². The second-order valence-corrected chi connectivity index (χ2v) is 6.82. The Labute approximate surface area is 168 Å². The molecule has 150 valence electrons. The van der Waals surface area contributed by atoms with Gasteiger partial charge < -0.3 is 10.1 Å². The van der Waals surface area contributed by atoms with Crippen molar-refractivity contribution in [2.24, 2.45) is 0 Å². The van der Waals surface area contributed by atoms with E-state index in [0.29, 0.717) is 12.2 Å². The smallest absolute Gasteiger partial charge is 0.338 e. The molecule has 0 saturated heterocycles. The van der Waals surface area contributed by atoms with Crippen LogP contribution in [0.4, 0.5) is 5.69 Å². The first-order valence-corrected chi connectivity index (χ1v) is 9.45. The van der Waals surface area contributed by atoms with Crippen molar-refractivity contribution in [2.75, 3.05) is 18.5 Å². The van der Waals surface area contributed by atoms with E-state index in [4.69, 9.17) is 4.74 Å². The molecule has 3 rings (SSSR count). The molecule has 1 aliphatic rings. The zero-order valence-corrected chi connectivity index (χ0v) is 16.4. The van der Waals surface area contributed by atoms with Gasteiger partial charge in [-0.3, -0.25) is 19.3 Å². The molecule has 0 saturated carbocycles. The SMILES string of the molecule is CCCCN1C(=O)c2ccc(C(=O)OCC(=O)Nc3ccccc3C)cc2C1=O. The van der Waals surface area contributed by atoms with Crippen molar-refractivity contribution in [1.29, 1.82) is 0 Å². The lowest BCUT2D eigenvalue weighted by Gasteiger charge is -2.12. The van der Waals surface area contributed by atoms with Gasteiger partial charge in [-0.15, -0.1) is 0 Å². The zero-order valence-electron chi connectivity index (χ0n) is 16.4. The largest absolute Gasteiger partial charge is 0.452 e. The Kier molecular flexibility index (Phi) is 6.07. The second-order valence-electron chi connectivity index (χ2n) is 6.82. The molecule has 2 aromatic carbocycles. The lowest BCUT2D eigenvalue weighted by molar-refractivity contribution is -0.119. The number of hydrogen-bond acceptors (Lipinski definition) is 5. The number of rotatable bonds is 7. The fraction of sp³-hybridized carbons (Fsp3) is 0.273. The number of benzene rings is 2. The van der Waals surface area contributed by atoms with Gasteiger partial charge in [0, 0.05) is 12.2 Å². The number of nitrogens with one attached hydrogen (secondary N) is 1. The number of fused-ring (bicyclic) bond motifs is 1. The molecule has 2 aromatic rings. The first-order chi connectivity index (χ1) is 13.9. The molecule has 7 nitrogen and oxygen atoms in total. The van der Waals surface area contributed by atoms with E-state index in [-0.39, 0.29) is 22.6 Å². The van der Waals surface area contributed by atoms with Crippen LogP contribution in [0.2, 0.25) is 0 Å². The molecule has 0 fully saturated rings. The fourth-order valence-corrected chi connectivity index (χ4v) is 3.05. The van der Waals surface area contributed by atoms with Gasteiger partial charge in [-0.1, -0.05) is 31.5 Å². The molecule has 1 N–H and O–H groups in total. The third-order valence-electron chi connectivity index (χ3n) is 4.70. The average Bonchev–Trinajstić information content (AvgIpc) is 2.96. The molecular weight excluding hydrogens is 372 g/mol. The summed E-state index contributed by atoms with van der Waals surface area (Å²) < 4.78 is 5.05. The highest BCUT2D eigenvalue weighted by Crippen LogP contribution is 2.24. The molecule has 0 aromatic heterocycles. The highest BCUT2D eigenvalue weighted by molar-refractivity contribution is 6.22. The number of esters is 1. The van der Waals surface area contributed by atoms with E-state index in [9.17, 15) is 19.2 Å². The Morgan fingerprint density at radius 1 is 1.03 bits per heavy atom. The van der Waals surface area contributed by atoms with Crippen LogP contribution in [0.25, 0.3) is 0 Å². The highest BCUT2D eigenvalue weighted by Gasteiger charge is 2.35. The number of carbonyl (C=O) groups excluding carboxylic acids is 4. The van der Waals surface area contributed by atoms with Crippen molar-refractivity contribution in [3.8, 4) is 0 Å². The summed E-state index contributed by atoms with van der Waals surface area (Å²) in [5.41, 5.74) is 2.11. The lowest BCUT2D eigenvalue weighted by atomic mass is 10.1. The number of carbonyl (C=O) groups is 4. The quantitative estimate of drug-likeness (QED) is 0.575. The number of unbranched alkanes of at least 4 members (excludes halogenated alkanes) is 1. The van der Waals surface area contributed by atoms with Crippen LogP contribution < -0.4 is 5.32 Å². The van der Waals surface area contributed by atoms with Gasteiger partial charge in [-0.2, -0.15) is 0 Å². The minimum atomic E-state index is -0.736. The Morgan fingerprint density at radius 3 is 2.48 bits per heavy atom. The number of amides is 3. The monoisotopic (exact) mass is 394 g/mol. The minimum Gasteiger partial charge on any atom is -0.452 e. The predicted molar refractivity (Wildman–Crippen MR) is 107 cm³/mol. The van der Waals surface area contributed by atoms with Crippen LogP contribution in [-0.2, 0) is 9.53 Å². The van der Waals surface area contributed by atoms with Crippen molar-refractivity contribution in [3.63, 3.8) is 0 Å². The summed E-state index contributed by atoms with van der Waals surface area (Å²) in [6.45, 7) is 3.72. The summed E-state index contributed by atoms with van der Waals surface area (Å²) in [6.07, 6.45) is 1.58. The van der Waals surface area contributed by atoms with Crippen molar-refractivity contribution >= 4 is 29.4 Å². The van der Waals surface area contributed by atoms with Gasteiger partial charge in [0.25, 0.3) is 17.7 Å². The van der Waals surface area contributed by atoms with E-state index in [2.05, 4.69) is 5.32 Å². The van der Waals surface area contributed by atoms with Gasteiger partial charge in [0.05, 0.1) is 16.7 Å². The summed E-state index contributed by atoms with van der Waals surface area (Å²) >= 11 is 0. The topological polar surface area (TPSA) is 92.8 Å². The third kappa shape index (κ3) is 4.34. The molecule has 0 radical (unpaired) electrons. The lowest BCUT2D eigenvalue weighted by Crippen LogP contribution is -2.30. The molecule has 7 heteroatoms. The highest BCUT2D eigenvalue weighted by atomic mass is 16.5. The van der Waals surface area contributed by atoms with Gasteiger partial charge in [-0.05, 0) is 43.2 Å². The molecule has 0 aliphatic carbocycles. The number of aryl methyl sites for hydroxylation is 1. The average molecular weight is 394 g/mol. The van der Waals surface area contributed by atoms with Crippen LogP contribution in [0.1, 0.15) is 56.4 Å². The Morgan fingerprint density at radius 2 is 1.76 bits per heavy atom. The van der Waals surface area contributed by atoms with E-state index in [1.807, 2.05) is 26.0 Å².